The van der Waals surface area contributed by atoms with E-state index in [9.17, 15) is 4.79 Å². The van der Waals surface area contributed by atoms with E-state index in [1.54, 1.807) is 22.2 Å². The van der Waals surface area contributed by atoms with Crippen LogP contribution in [0.3, 0.4) is 0 Å². The van der Waals surface area contributed by atoms with Crippen LogP contribution in [0.5, 0.6) is 0 Å². The van der Waals surface area contributed by atoms with E-state index in [2.05, 4.69) is 38.0 Å². The molecular weight excluding hydrogens is 246 g/mol. The van der Waals surface area contributed by atoms with Gasteiger partial charge in [-0.15, -0.1) is 11.3 Å². The van der Waals surface area contributed by atoms with E-state index in [0.717, 1.165) is 10.4 Å². The molecular formula is C13H17N3OS. The molecule has 0 aliphatic rings. The second kappa shape index (κ2) is 4.57. The van der Waals surface area contributed by atoms with Crippen molar-refractivity contribution in [3.63, 3.8) is 0 Å². The maximum Gasteiger partial charge on any atom is 0.239 e. The van der Waals surface area contributed by atoms with Crippen LogP contribution >= 0.6 is 11.3 Å². The van der Waals surface area contributed by atoms with Crippen LogP contribution in [0.4, 0.5) is 0 Å². The molecule has 18 heavy (non-hydrogen) atoms. The molecule has 0 atom stereocenters. The molecule has 2 aromatic heterocycles. The summed E-state index contributed by atoms with van der Waals surface area (Å²) in [6.07, 6.45) is 3.62. The molecule has 0 unspecified atom stereocenters. The SMILES string of the molecule is CC(C)(C)c1ccc(-c2cnn(CC(N)=O)c2)s1. The van der Waals surface area contributed by atoms with Gasteiger partial charge in [-0.1, -0.05) is 20.8 Å². The van der Waals surface area contributed by atoms with Crippen LogP contribution < -0.4 is 5.73 Å². The fourth-order valence-electron chi connectivity index (χ4n) is 1.63. The fourth-order valence-corrected chi connectivity index (χ4v) is 2.67. The molecule has 0 aromatic carbocycles. The topological polar surface area (TPSA) is 60.9 Å². The van der Waals surface area contributed by atoms with Gasteiger partial charge in [-0.3, -0.25) is 9.48 Å². The van der Waals surface area contributed by atoms with Crippen molar-refractivity contribution in [1.82, 2.24) is 9.78 Å². The molecule has 4 nitrogen and oxygen atoms in total. The van der Waals surface area contributed by atoms with Crippen molar-refractivity contribution in [1.29, 1.82) is 0 Å². The molecule has 2 N–H and O–H groups in total. The molecule has 0 radical (unpaired) electrons. The Balaban J connectivity index is 2.24. The van der Waals surface area contributed by atoms with Gasteiger partial charge in [0.25, 0.3) is 0 Å². The van der Waals surface area contributed by atoms with E-state index in [1.807, 2.05) is 6.20 Å². The van der Waals surface area contributed by atoms with Crippen molar-refractivity contribution in [3.05, 3.63) is 29.4 Å². The number of hydrogen-bond acceptors (Lipinski definition) is 3. The van der Waals surface area contributed by atoms with Gasteiger partial charge in [-0.05, 0) is 17.5 Å². The summed E-state index contributed by atoms with van der Waals surface area (Å²) in [4.78, 5) is 13.3. The number of aromatic nitrogens is 2. The molecule has 2 rings (SSSR count). The predicted octanol–water partition coefficient (Wildman–Crippen LogP) is 2.39. The monoisotopic (exact) mass is 263 g/mol. The highest BCUT2D eigenvalue weighted by Gasteiger charge is 2.17. The van der Waals surface area contributed by atoms with E-state index >= 15 is 0 Å². The molecule has 0 spiro atoms. The number of carbonyl (C=O) groups excluding carboxylic acids is 1. The Morgan fingerprint density at radius 1 is 1.44 bits per heavy atom. The zero-order chi connectivity index (χ0) is 13.3. The summed E-state index contributed by atoms with van der Waals surface area (Å²) in [7, 11) is 0. The summed E-state index contributed by atoms with van der Waals surface area (Å²) in [5, 5.41) is 4.13. The average molecular weight is 263 g/mol. The summed E-state index contributed by atoms with van der Waals surface area (Å²) in [6, 6.07) is 4.24. The van der Waals surface area contributed by atoms with Crippen LogP contribution in [0.25, 0.3) is 10.4 Å². The van der Waals surface area contributed by atoms with Crippen LogP contribution in [0.2, 0.25) is 0 Å². The van der Waals surface area contributed by atoms with E-state index < -0.39 is 0 Å². The minimum Gasteiger partial charge on any atom is -0.368 e. The molecule has 0 bridgehead atoms. The number of thiophene rings is 1. The number of amides is 1. The maximum absolute atomic E-state index is 10.8. The zero-order valence-electron chi connectivity index (χ0n) is 10.8. The first kappa shape index (κ1) is 12.8. The normalized spacial score (nSPS) is 11.7. The lowest BCUT2D eigenvalue weighted by Gasteiger charge is -2.15. The molecule has 0 fully saturated rings. The quantitative estimate of drug-likeness (QED) is 0.924. The van der Waals surface area contributed by atoms with E-state index in [1.165, 1.54) is 4.88 Å². The molecule has 0 aliphatic heterocycles. The lowest BCUT2D eigenvalue weighted by Crippen LogP contribution is -2.18. The summed E-state index contributed by atoms with van der Waals surface area (Å²) in [5.74, 6) is -0.383. The van der Waals surface area contributed by atoms with E-state index in [0.29, 0.717) is 0 Å². The summed E-state index contributed by atoms with van der Waals surface area (Å²) >= 11 is 1.76. The highest BCUT2D eigenvalue weighted by atomic mass is 32.1. The van der Waals surface area contributed by atoms with Gasteiger partial charge >= 0.3 is 0 Å². The van der Waals surface area contributed by atoms with Crippen molar-refractivity contribution in [2.45, 2.75) is 32.7 Å². The second-order valence-corrected chi connectivity index (χ2v) is 6.39. The highest BCUT2D eigenvalue weighted by Crippen LogP contribution is 2.34. The predicted molar refractivity (Wildman–Crippen MR) is 73.4 cm³/mol. The fraction of sp³-hybridized carbons (Fsp3) is 0.385. The van der Waals surface area contributed by atoms with Crippen LogP contribution in [0.15, 0.2) is 24.5 Å². The number of nitrogens with zero attached hydrogens (tertiary/aromatic N) is 2. The number of carbonyl (C=O) groups is 1. The average Bonchev–Trinajstić information content (AvgIpc) is 2.81. The lowest BCUT2D eigenvalue weighted by atomic mass is 9.95. The molecule has 0 aliphatic carbocycles. The first-order chi connectivity index (χ1) is 8.36. The van der Waals surface area contributed by atoms with Gasteiger partial charge in [-0.25, -0.2) is 0 Å². The molecule has 2 heterocycles. The third-order valence-corrected chi connectivity index (χ3v) is 4.14. The Bertz CT molecular complexity index is 563. The Labute approximate surface area is 110 Å². The van der Waals surface area contributed by atoms with Crippen molar-refractivity contribution >= 4 is 17.2 Å². The maximum atomic E-state index is 10.8. The van der Waals surface area contributed by atoms with Crippen LogP contribution in [0.1, 0.15) is 25.6 Å². The van der Waals surface area contributed by atoms with Crippen LogP contribution in [-0.4, -0.2) is 15.7 Å². The number of primary amides is 1. The highest BCUT2D eigenvalue weighted by molar-refractivity contribution is 7.15. The summed E-state index contributed by atoms with van der Waals surface area (Å²) in [6.45, 7) is 6.70. The standard InChI is InChI=1S/C13H17N3OS/c1-13(2,3)11-5-4-10(18-11)9-6-15-16(7-9)8-12(14)17/h4-7H,8H2,1-3H3,(H2,14,17). The Kier molecular flexibility index (Phi) is 3.26. The van der Waals surface area contributed by atoms with Gasteiger partial charge in [0.2, 0.25) is 5.91 Å². The first-order valence-electron chi connectivity index (χ1n) is 5.78. The molecule has 0 saturated carbocycles. The van der Waals surface area contributed by atoms with Crippen molar-refractivity contribution in [2.24, 2.45) is 5.73 Å². The minimum absolute atomic E-state index is 0.123. The van der Waals surface area contributed by atoms with E-state index in [-0.39, 0.29) is 17.9 Å². The first-order valence-corrected chi connectivity index (χ1v) is 6.59. The second-order valence-electron chi connectivity index (χ2n) is 5.31. The van der Waals surface area contributed by atoms with Gasteiger partial charge in [0.15, 0.2) is 0 Å². The molecule has 96 valence electrons. The third-order valence-electron chi connectivity index (χ3n) is 2.58. The van der Waals surface area contributed by atoms with Crippen molar-refractivity contribution in [2.75, 3.05) is 0 Å². The number of rotatable bonds is 3. The largest absolute Gasteiger partial charge is 0.368 e. The number of hydrogen-bond donors (Lipinski definition) is 1. The Morgan fingerprint density at radius 2 is 2.17 bits per heavy atom. The van der Waals surface area contributed by atoms with Crippen molar-refractivity contribution in [3.8, 4) is 10.4 Å². The smallest absolute Gasteiger partial charge is 0.239 e. The van der Waals surface area contributed by atoms with Gasteiger partial charge < -0.3 is 5.73 Å². The van der Waals surface area contributed by atoms with Gasteiger partial charge in [0.1, 0.15) is 6.54 Å². The van der Waals surface area contributed by atoms with Crippen molar-refractivity contribution < 1.29 is 4.79 Å². The lowest BCUT2D eigenvalue weighted by molar-refractivity contribution is -0.118. The van der Waals surface area contributed by atoms with Crippen LogP contribution in [-0.2, 0) is 16.8 Å². The molecule has 2 aromatic rings. The van der Waals surface area contributed by atoms with Gasteiger partial charge in [0.05, 0.1) is 6.20 Å². The van der Waals surface area contributed by atoms with E-state index in [4.69, 9.17) is 5.73 Å². The van der Waals surface area contributed by atoms with Gasteiger partial charge in [0, 0.05) is 21.5 Å². The Hall–Kier alpha value is -1.62. The molecule has 5 heteroatoms. The zero-order valence-corrected chi connectivity index (χ0v) is 11.6. The minimum atomic E-state index is -0.383. The Morgan fingerprint density at radius 3 is 2.72 bits per heavy atom. The molecule has 0 saturated heterocycles. The summed E-state index contributed by atoms with van der Waals surface area (Å²) < 4.78 is 1.56. The van der Waals surface area contributed by atoms with Crippen LogP contribution in [0, 0.1) is 0 Å². The third kappa shape index (κ3) is 2.79. The molecule has 1 amide bonds. The summed E-state index contributed by atoms with van der Waals surface area (Å²) in [5.41, 5.74) is 6.32. The van der Waals surface area contributed by atoms with Gasteiger partial charge in [-0.2, -0.15) is 5.10 Å². The number of nitrogens with two attached hydrogens (primary N) is 1.